The number of hydrogen-bond acceptors (Lipinski definition) is 4. The van der Waals surface area contributed by atoms with Crippen molar-refractivity contribution < 1.29 is 4.74 Å². The molecule has 108 valence electrons. The van der Waals surface area contributed by atoms with Gasteiger partial charge in [0.1, 0.15) is 5.75 Å². The molecule has 1 saturated heterocycles. The summed E-state index contributed by atoms with van der Waals surface area (Å²) in [7, 11) is 1.67. The Morgan fingerprint density at radius 2 is 2.10 bits per heavy atom. The number of aromatic nitrogens is 1. The van der Waals surface area contributed by atoms with Crippen LogP contribution >= 0.6 is 12.4 Å². The Labute approximate surface area is 125 Å². The number of nitrogens with zero attached hydrogens (tertiary/aromatic N) is 1. The van der Waals surface area contributed by atoms with Crippen molar-refractivity contribution in [3.63, 3.8) is 0 Å². The van der Waals surface area contributed by atoms with Gasteiger partial charge in [-0.15, -0.1) is 12.4 Å². The van der Waals surface area contributed by atoms with E-state index in [1.807, 2.05) is 18.2 Å². The Morgan fingerprint density at radius 1 is 1.30 bits per heavy atom. The van der Waals surface area contributed by atoms with Gasteiger partial charge in [-0.3, -0.25) is 4.98 Å². The van der Waals surface area contributed by atoms with Crippen molar-refractivity contribution in [3.8, 4) is 5.75 Å². The number of nitrogens with one attached hydrogen (secondary N) is 2. The molecule has 0 atom stereocenters. The molecule has 4 nitrogen and oxygen atoms in total. The van der Waals surface area contributed by atoms with Crippen molar-refractivity contribution in [2.24, 2.45) is 0 Å². The largest absolute Gasteiger partial charge is 0.495 e. The summed E-state index contributed by atoms with van der Waals surface area (Å²) in [6.45, 7) is 2.17. The van der Waals surface area contributed by atoms with Crippen LogP contribution in [-0.2, 0) is 0 Å². The number of halogens is 1. The standard InChI is InChI=1S/C15H19N3O.ClH/c1-19-12-9-13-14(17-10-12)3-2-4-15(13)18-11-5-7-16-8-6-11;/h2-4,9-11,16,18H,5-8H2,1H3;1H. The summed E-state index contributed by atoms with van der Waals surface area (Å²) in [4.78, 5) is 4.43. The molecule has 1 aromatic carbocycles. The third kappa shape index (κ3) is 3.14. The number of rotatable bonds is 3. The first-order valence-corrected chi connectivity index (χ1v) is 6.77. The van der Waals surface area contributed by atoms with E-state index >= 15 is 0 Å². The molecule has 3 rings (SSSR count). The summed E-state index contributed by atoms with van der Waals surface area (Å²) in [5.74, 6) is 0.798. The number of anilines is 1. The van der Waals surface area contributed by atoms with Gasteiger partial charge in [0.05, 0.1) is 18.8 Å². The van der Waals surface area contributed by atoms with Crippen LogP contribution in [0.5, 0.6) is 5.75 Å². The molecule has 0 saturated carbocycles. The maximum atomic E-state index is 5.27. The number of fused-ring (bicyclic) bond motifs is 1. The fraction of sp³-hybridized carbons (Fsp3) is 0.400. The molecular weight excluding hydrogens is 274 g/mol. The van der Waals surface area contributed by atoms with E-state index in [4.69, 9.17) is 4.74 Å². The second-order valence-corrected chi connectivity index (χ2v) is 4.92. The molecule has 0 amide bonds. The average molecular weight is 294 g/mol. The van der Waals surface area contributed by atoms with Gasteiger partial charge in [0, 0.05) is 17.1 Å². The summed E-state index contributed by atoms with van der Waals surface area (Å²) in [5.41, 5.74) is 2.15. The van der Waals surface area contributed by atoms with Crippen LogP contribution in [0.2, 0.25) is 0 Å². The molecule has 0 bridgehead atoms. The van der Waals surface area contributed by atoms with E-state index in [0.717, 1.165) is 48.3 Å². The van der Waals surface area contributed by atoms with Gasteiger partial charge in [0.25, 0.3) is 0 Å². The fourth-order valence-electron chi connectivity index (χ4n) is 2.55. The zero-order chi connectivity index (χ0) is 13.1. The van der Waals surface area contributed by atoms with Crippen LogP contribution in [0, 0.1) is 0 Å². The highest BCUT2D eigenvalue weighted by Crippen LogP contribution is 2.26. The van der Waals surface area contributed by atoms with E-state index in [1.54, 1.807) is 13.3 Å². The summed E-state index contributed by atoms with van der Waals surface area (Å²) in [5, 5.41) is 8.15. The Hall–Kier alpha value is -1.52. The molecule has 0 aliphatic carbocycles. The van der Waals surface area contributed by atoms with Crippen molar-refractivity contribution in [2.45, 2.75) is 18.9 Å². The Bertz CT molecular complexity index is 570. The van der Waals surface area contributed by atoms with Crippen molar-refractivity contribution >= 4 is 29.0 Å². The molecule has 0 unspecified atom stereocenters. The molecule has 20 heavy (non-hydrogen) atoms. The third-order valence-electron chi connectivity index (χ3n) is 3.64. The van der Waals surface area contributed by atoms with E-state index < -0.39 is 0 Å². The lowest BCUT2D eigenvalue weighted by atomic mass is 10.1. The zero-order valence-corrected chi connectivity index (χ0v) is 12.4. The summed E-state index contributed by atoms with van der Waals surface area (Å²) in [6, 6.07) is 8.78. The minimum Gasteiger partial charge on any atom is -0.495 e. The number of piperidine rings is 1. The van der Waals surface area contributed by atoms with Gasteiger partial charge in [-0.05, 0) is 44.1 Å². The summed E-state index contributed by atoms with van der Waals surface area (Å²) in [6.07, 6.45) is 4.08. The highest BCUT2D eigenvalue weighted by Gasteiger charge is 2.13. The number of ether oxygens (including phenoxy) is 1. The van der Waals surface area contributed by atoms with Crippen LogP contribution in [0.3, 0.4) is 0 Å². The maximum Gasteiger partial charge on any atom is 0.137 e. The zero-order valence-electron chi connectivity index (χ0n) is 11.6. The highest BCUT2D eigenvalue weighted by atomic mass is 35.5. The lowest BCUT2D eigenvalue weighted by Crippen LogP contribution is -2.35. The van der Waals surface area contributed by atoms with E-state index in [0.29, 0.717) is 6.04 Å². The first kappa shape index (κ1) is 14.9. The van der Waals surface area contributed by atoms with Gasteiger partial charge in [-0.25, -0.2) is 0 Å². The SMILES string of the molecule is COc1cnc2cccc(NC3CCNCC3)c2c1.Cl. The number of benzene rings is 1. The van der Waals surface area contributed by atoms with E-state index in [1.165, 1.54) is 0 Å². The van der Waals surface area contributed by atoms with Crippen LogP contribution in [0.1, 0.15) is 12.8 Å². The molecule has 2 heterocycles. The highest BCUT2D eigenvalue weighted by molar-refractivity contribution is 5.92. The van der Waals surface area contributed by atoms with Crippen LogP contribution in [0.4, 0.5) is 5.69 Å². The molecule has 1 aliphatic heterocycles. The first-order valence-electron chi connectivity index (χ1n) is 6.77. The topological polar surface area (TPSA) is 46.2 Å². The van der Waals surface area contributed by atoms with E-state index in [9.17, 15) is 0 Å². The molecular formula is C15H20ClN3O. The third-order valence-corrected chi connectivity index (χ3v) is 3.64. The van der Waals surface area contributed by atoms with Crippen molar-refractivity contribution in [3.05, 3.63) is 30.5 Å². The van der Waals surface area contributed by atoms with Gasteiger partial charge in [-0.1, -0.05) is 6.07 Å². The normalized spacial score (nSPS) is 15.7. The Balaban J connectivity index is 0.00000147. The quantitative estimate of drug-likeness (QED) is 0.913. The molecule has 0 spiro atoms. The van der Waals surface area contributed by atoms with Gasteiger partial charge in [0.15, 0.2) is 0 Å². The second kappa shape index (κ2) is 6.77. The monoisotopic (exact) mass is 293 g/mol. The predicted molar refractivity (Wildman–Crippen MR) is 85.1 cm³/mol. The average Bonchev–Trinajstić information content (AvgIpc) is 2.48. The van der Waals surface area contributed by atoms with Crippen molar-refractivity contribution in [2.75, 3.05) is 25.5 Å². The number of hydrogen-bond donors (Lipinski definition) is 2. The maximum absolute atomic E-state index is 5.27. The molecule has 1 aromatic heterocycles. The van der Waals surface area contributed by atoms with Gasteiger partial charge in [-0.2, -0.15) is 0 Å². The second-order valence-electron chi connectivity index (χ2n) is 4.92. The number of methoxy groups -OCH3 is 1. The smallest absolute Gasteiger partial charge is 0.137 e. The van der Waals surface area contributed by atoms with Crippen LogP contribution in [-0.4, -0.2) is 31.2 Å². The summed E-state index contributed by atoms with van der Waals surface area (Å²) >= 11 is 0. The summed E-state index contributed by atoms with van der Waals surface area (Å²) < 4.78 is 5.27. The lowest BCUT2D eigenvalue weighted by molar-refractivity contribution is 0.414. The van der Waals surface area contributed by atoms with Crippen LogP contribution in [0.15, 0.2) is 30.5 Å². The van der Waals surface area contributed by atoms with Gasteiger partial charge in [0.2, 0.25) is 0 Å². The molecule has 1 fully saturated rings. The molecule has 2 N–H and O–H groups in total. The lowest BCUT2D eigenvalue weighted by Gasteiger charge is -2.25. The molecule has 2 aromatic rings. The Kier molecular flexibility index (Phi) is 5.04. The minimum absolute atomic E-state index is 0. The van der Waals surface area contributed by atoms with Crippen molar-refractivity contribution in [1.82, 2.24) is 10.3 Å². The van der Waals surface area contributed by atoms with Gasteiger partial charge >= 0.3 is 0 Å². The minimum atomic E-state index is 0. The van der Waals surface area contributed by atoms with E-state index in [-0.39, 0.29) is 12.4 Å². The Morgan fingerprint density at radius 3 is 2.85 bits per heavy atom. The van der Waals surface area contributed by atoms with Crippen LogP contribution in [0.25, 0.3) is 10.9 Å². The molecule has 1 aliphatic rings. The first-order chi connectivity index (χ1) is 9.36. The fourth-order valence-corrected chi connectivity index (χ4v) is 2.55. The molecule has 5 heteroatoms. The van der Waals surface area contributed by atoms with Gasteiger partial charge < -0.3 is 15.4 Å². The number of pyridine rings is 1. The van der Waals surface area contributed by atoms with E-state index in [2.05, 4.69) is 21.7 Å². The van der Waals surface area contributed by atoms with Crippen molar-refractivity contribution in [1.29, 1.82) is 0 Å². The van der Waals surface area contributed by atoms with Crippen LogP contribution < -0.4 is 15.4 Å². The molecule has 0 radical (unpaired) electrons. The predicted octanol–water partition coefficient (Wildman–Crippen LogP) is 2.83.